The van der Waals surface area contributed by atoms with E-state index in [1.54, 1.807) is 0 Å². The molecule has 0 aromatic carbocycles. The van der Waals surface area contributed by atoms with Gasteiger partial charge in [-0.1, -0.05) is 25.6 Å². The summed E-state index contributed by atoms with van der Waals surface area (Å²) >= 11 is 4.53. The van der Waals surface area contributed by atoms with Crippen LogP contribution in [0.2, 0.25) is 0 Å². The lowest BCUT2D eigenvalue weighted by atomic mass is 10.4. The van der Waals surface area contributed by atoms with Gasteiger partial charge in [-0.15, -0.1) is 0 Å². The molecule has 0 aliphatic rings. The zero-order chi connectivity index (χ0) is 9.61. The topological polar surface area (TPSA) is 72.2 Å². The standard InChI is InChI=1S/C6H14N2O2S2/c1-2-3-4-12(9,10)8-5-6(7)11/h8H,2-5H2,1H3,(H2,7,11). The molecule has 72 valence electrons. The van der Waals surface area contributed by atoms with Gasteiger partial charge in [0.15, 0.2) is 0 Å². The maximum absolute atomic E-state index is 11.1. The van der Waals surface area contributed by atoms with Gasteiger partial charge in [-0.05, 0) is 6.42 Å². The van der Waals surface area contributed by atoms with E-state index in [1.165, 1.54) is 0 Å². The molecular formula is C6H14N2O2S2. The van der Waals surface area contributed by atoms with Gasteiger partial charge in [0.2, 0.25) is 10.0 Å². The summed E-state index contributed by atoms with van der Waals surface area (Å²) in [6.07, 6.45) is 1.51. The van der Waals surface area contributed by atoms with Gasteiger partial charge in [0.05, 0.1) is 17.3 Å². The monoisotopic (exact) mass is 210 g/mol. The summed E-state index contributed by atoms with van der Waals surface area (Å²) in [6.45, 7) is 1.99. The summed E-state index contributed by atoms with van der Waals surface area (Å²) < 4.78 is 24.4. The van der Waals surface area contributed by atoms with Crippen LogP contribution in [-0.2, 0) is 10.0 Å². The molecule has 0 aliphatic carbocycles. The molecule has 0 saturated carbocycles. The summed E-state index contributed by atoms with van der Waals surface area (Å²) in [7, 11) is -3.16. The minimum absolute atomic E-state index is 0.0569. The maximum atomic E-state index is 11.1. The van der Waals surface area contributed by atoms with Crippen LogP contribution in [0.15, 0.2) is 0 Å². The van der Waals surface area contributed by atoms with Crippen molar-refractivity contribution < 1.29 is 8.42 Å². The summed E-state index contributed by atoms with van der Waals surface area (Å²) in [6, 6.07) is 0. The third-order valence-corrected chi connectivity index (χ3v) is 2.79. The second kappa shape index (κ2) is 5.45. The van der Waals surface area contributed by atoms with Crippen molar-refractivity contribution in [1.29, 1.82) is 0 Å². The molecule has 0 amide bonds. The number of nitrogens with two attached hydrogens (primary N) is 1. The number of nitrogens with one attached hydrogen (secondary N) is 1. The van der Waals surface area contributed by atoms with Gasteiger partial charge in [-0.2, -0.15) is 0 Å². The lowest BCUT2D eigenvalue weighted by Crippen LogP contribution is -2.33. The Labute approximate surface area is 78.6 Å². The average Bonchev–Trinajstić information content (AvgIpc) is 1.98. The van der Waals surface area contributed by atoms with E-state index in [-0.39, 0.29) is 17.3 Å². The molecule has 0 aromatic rings. The Bertz CT molecular complexity index is 236. The Morgan fingerprint density at radius 2 is 2.17 bits per heavy atom. The average molecular weight is 210 g/mol. The van der Waals surface area contributed by atoms with Crippen molar-refractivity contribution in [2.24, 2.45) is 5.73 Å². The molecule has 0 aromatic heterocycles. The molecule has 0 fully saturated rings. The van der Waals surface area contributed by atoms with Crippen LogP contribution in [0.25, 0.3) is 0 Å². The van der Waals surface area contributed by atoms with E-state index in [0.29, 0.717) is 6.42 Å². The highest BCUT2D eigenvalue weighted by molar-refractivity contribution is 7.89. The lowest BCUT2D eigenvalue weighted by Gasteiger charge is -2.03. The largest absolute Gasteiger partial charge is 0.392 e. The van der Waals surface area contributed by atoms with Crippen LogP contribution in [0, 0.1) is 0 Å². The van der Waals surface area contributed by atoms with Crippen molar-refractivity contribution >= 4 is 27.2 Å². The summed E-state index contributed by atoms with van der Waals surface area (Å²) in [5, 5.41) is 0. The highest BCUT2D eigenvalue weighted by atomic mass is 32.2. The number of rotatable bonds is 6. The molecule has 0 rings (SSSR count). The zero-order valence-corrected chi connectivity index (χ0v) is 8.67. The number of hydrogen-bond acceptors (Lipinski definition) is 3. The molecule has 0 heterocycles. The number of unbranched alkanes of at least 4 members (excludes halogenated alkanes) is 1. The van der Waals surface area contributed by atoms with Gasteiger partial charge in [0.25, 0.3) is 0 Å². The van der Waals surface area contributed by atoms with E-state index in [1.807, 2.05) is 6.92 Å². The highest BCUT2D eigenvalue weighted by Crippen LogP contribution is 1.92. The van der Waals surface area contributed by atoms with Crippen LogP contribution in [-0.4, -0.2) is 25.7 Å². The Morgan fingerprint density at radius 1 is 1.58 bits per heavy atom. The first-order valence-electron chi connectivity index (χ1n) is 3.73. The second-order valence-corrected chi connectivity index (χ2v) is 4.91. The zero-order valence-electron chi connectivity index (χ0n) is 7.04. The van der Waals surface area contributed by atoms with Crippen molar-refractivity contribution in [3.8, 4) is 0 Å². The predicted molar refractivity (Wildman–Crippen MR) is 53.5 cm³/mol. The molecular weight excluding hydrogens is 196 g/mol. The number of hydrogen-bond donors (Lipinski definition) is 2. The fourth-order valence-electron chi connectivity index (χ4n) is 0.588. The summed E-state index contributed by atoms with van der Waals surface area (Å²) in [4.78, 5) is 0.162. The van der Waals surface area contributed by atoms with E-state index in [4.69, 9.17) is 5.73 Å². The Hall–Kier alpha value is -0.200. The van der Waals surface area contributed by atoms with E-state index in [2.05, 4.69) is 16.9 Å². The molecule has 3 N–H and O–H groups in total. The first-order valence-corrected chi connectivity index (χ1v) is 5.79. The quantitative estimate of drug-likeness (QED) is 0.605. The molecule has 0 radical (unpaired) electrons. The minimum Gasteiger partial charge on any atom is -0.392 e. The van der Waals surface area contributed by atoms with Gasteiger partial charge < -0.3 is 5.73 Å². The van der Waals surface area contributed by atoms with Crippen molar-refractivity contribution in [3.05, 3.63) is 0 Å². The van der Waals surface area contributed by atoms with E-state index in [9.17, 15) is 8.42 Å². The van der Waals surface area contributed by atoms with Crippen molar-refractivity contribution in [1.82, 2.24) is 4.72 Å². The Balaban J connectivity index is 3.80. The molecule has 0 atom stereocenters. The molecule has 0 spiro atoms. The number of sulfonamides is 1. The first kappa shape index (κ1) is 11.8. The van der Waals surface area contributed by atoms with Gasteiger partial charge in [0.1, 0.15) is 0 Å². The summed E-state index contributed by atoms with van der Waals surface area (Å²) in [5.41, 5.74) is 5.13. The Kier molecular flexibility index (Phi) is 5.36. The highest BCUT2D eigenvalue weighted by Gasteiger charge is 2.07. The van der Waals surface area contributed by atoms with Crippen LogP contribution in [0.3, 0.4) is 0 Å². The van der Waals surface area contributed by atoms with E-state index < -0.39 is 10.0 Å². The SMILES string of the molecule is CCCCS(=O)(=O)NCC(N)=S. The Morgan fingerprint density at radius 3 is 2.58 bits per heavy atom. The third kappa shape index (κ3) is 6.51. The van der Waals surface area contributed by atoms with Crippen molar-refractivity contribution in [2.75, 3.05) is 12.3 Å². The number of thiocarbonyl (C=S) groups is 1. The smallest absolute Gasteiger partial charge is 0.211 e. The van der Waals surface area contributed by atoms with Crippen molar-refractivity contribution in [2.45, 2.75) is 19.8 Å². The second-order valence-electron chi connectivity index (χ2n) is 2.46. The van der Waals surface area contributed by atoms with Crippen LogP contribution in [0.5, 0.6) is 0 Å². The predicted octanol–water partition coefficient (Wildman–Crippen LogP) is -0.00800. The van der Waals surface area contributed by atoms with Crippen LogP contribution in [0.1, 0.15) is 19.8 Å². The van der Waals surface area contributed by atoms with Gasteiger partial charge >= 0.3 is 0 Å². The molecule has 0 bridgehead atoms. The molecule has 0 unspecified atom stereocenters. The molecule has 4 nitrogen and oxygen atoms in total. The fraction of sp³-hybridized carbons (Fsp3) is 0.833. The van der Waals surface area contributed by atoms with E-state index >= 15 is 0 Å². The third-order valence-electron chi connectivity index (χ3n) is 1.23. The first-order chi connectivity index (χ1) is 5.48. The fourth-order valence-corrected chi connectivity index (χ4v) is 1.94. The van der Waals surface area contributed by atoms with Crippen LogP contribution >= 0.6 is 12.2 Å². The van der Waals surface area contributed by atoms with Crippen LogP contribution in [0.4, 0.5) is 0 Å². The van der Waals surface area contributed by atoms with Gasteiger partial charge in [0, 0.05) is 0 Å². The van der Waals surface area contributed by atoms with Crippen molar-refractivity contribution in [3.63, 3.8) is 0 Å². The molecule has 6 heteroatoms. The molecule has 0 aliphatic heterocycles. The normalized spacial score (nSPS) is 11.4. The van der Waals surface area contributed by atoms with Gasteiger partial charge in [-0.3, -0.25) is 0 Å². The van der Waals surface area contributed by atoms with Crippen LogP contribution < -0.4 is 10.5 Å². The molecule has 0 saturated heterocycles. The van der Waals surface area contributed by atoms with E-state index in [0.717, 1.165) is 6.42 Å². The molecule has 12 heavy (non-hydrogen) atoms. The summed E-state index contributed by atoms with van der Waals surface area (Å²) in [5.74, 6) is 0.145. The minimum atomic E-state index is -3.16. The maximum Gasteiger partial charge on any atom is 0.211 e. The lowest BCUT2D eigenvalue weighted by molar-refractivity contribution is 0.583. The van der Waals surface area contributed by atoms with Gasteiger partial charge in [-0.25, -0.2) is 13.1 Å².